The van der Waals surface area contributed by atoms with Crippen LogP contribution in [0.1, 0.15) is 50.9 Å². The molecule has 0 radical (unpaired) electrons. The second-order valence-corrected chi connectivity index (χ2v) is 11.9. The summed E-state index contributed by atoms with van der Waals surface area (Å²) in [5.41, 5.74) is 0.798. The molecule has 3 heterocycles. The lowest BCUT2D eigenvalue weighted by Crippen LogP contribution is -2.66. The van der Waals surface area contributed by atoms with E-state index in [0.717, 1.165) is 11.1 Å². The molecule has 1 N–H and O–H groups in total. The Morgan fingerprint density at radius 2 is 1.77 bits per heavy atom. The first kappa shape index (κ1) is 26.9. The Morgan fingerprint density at radius 3 is 2.42 bits per heavy atom. The normalized spacial score (nSPS) is 29.2. The molecular formula is C30H30Cl2N4O4. The summed E-state index contributed by atoms with van der Waals surface area (Å²) in [4.78, 5) is 36.0. The fourth-order valence-corrected chi connectivity index (χ4v) is 6.51. The van der Waals surface area contributed by atoms with Crippen molar-refractivity contribution in [3.63, 3.8) is 0 Å². The van der Waals surface area contributed by atoms with Gasteiger partial charge in [-0.15, -0.1) is 0 Å². The van der Waals surface area contributed by atoms with E-state index in [0.29, 0.717) is 33.0 Å². The second-order valence-electron chi connectivity index (χ2n) is 11.1. The lowest BCUT2D eigenvalue weighted by atomic mass is 9.71. The zero-order chi connectivity index (χ0) is 28.6. The van der Waals surface area contributed by atoms with Crippen molar-refractivity contribution in [3.8, 4) is 0 Å². The lowest BCUT2D eigenvalue weighted by Gasteiger charge is -2.54. The van der Waals surface area contributed by atoms with Gasteiger partial charge in [-0.1, -0.05) is 47.5 Å². The van der Waals surface area contributed by atoms with Gasteiger partial charge in [-0.2, -0.15) is 0 Å². The van der Waals surface area contributed by atoms with E-state index in [9.17, 15) is 9.59 Å². The number of fused-ring (bicyclic) bond motifs is 2. The van der Waals surface area contributed by atoms with Crippen LogP contribution in [0.2, 0.25) is 10.0 Å². The molecule has 208 valence electrons. The number of carbonyl (C=O) groups excluding carboxylic acids is 2. The Morgan fingerprint density at radius 1 is 1.05 bits per heavy atom. The molecule has 1 aliphatic carbocycles. The first-order valence-electron chi connectivity index (χ1n) is 13.2. The number of hydrogen-bond acceptors (Lipinski definition) is 5. The molecule has 40 heavy (non-hydrogen) atoms. The summed E-state index contributed by atoms with van der Waals surface area (Å²) in [6.45, 7) is 7.61. The number of hydrogen-bond donors (Lipinski definition) is 1. The number of aliphatic imine (C=N–C) groups is 1. The largest absolute Gasteiger partial charge is 0.494 e. The molecule has 1 saturated heterocycles. The van der Waals surface area contributed by atoms with Crippen LogP contribution in [0.3, 0.4) is 0 Å². The van der Waals surface area contributed by atoms with Crippen LogP contribution in [0.5, 0.6) is 0 Å². The van der Waals surface area contributed by atoms with Crippen molar-refractivity contribution in [2.75, 3.05) is 13.7 Å². The number of benzene rings is 2. The zero-order valence-electron chi connectivity index (χ0n) is 22.9. The van der Waals surface area contributed by atoms with E-state index in [-0.39, 0.29) is 24.6 Å². The first-order valence-corrected chi connectivity index (χ1v) is 13.9. The van der Waals surface area contributed by atoms with Crippen molar-refractivity contribution in [2.45, 2.75) is 51.5 Å². The van der Waals surface area contributed by atoms with Crippen molar-refractivity contribution in [1.29, 1.82) is 0 Å². The highest BCUT2D eigenvalue weighted by Gasteiger charge is 2.63. The number of nitrogens with zero attached hydrogens (tertiary/aromatic N) is 3. The van der Waals surface area contributed by atoms with E-state index in [4.69, 9.17) is 37.7 Å². The predicted octanol–water partition coefficient (Wildman–Crippen LogP) is 6.00. The van der Waals surface area contributed by atoms with Crippen LogP contribution >= 0.6 is 23.2 Å². The van der Waals surface area contributed by atoms with E-state index in [1.807, 2.05) is 70.2 Å². The van der Waals surface area contributed by atoms with E-state index in [1.54, 1.807) is 29.0 Å². The van der Waals surface area contributed by atoms with E-state index < -0.39 is 23.1 Å². The van der Waals surface area contributed by atoms with Gasteiger partial charge in [0.2, 0.25) is 5.91 Å². The lowest BCUT2D eigenvalue weighted by molar-refractivity contribution is -0.123. The van der Waals surface area contributed by atoms with Gasteiger partial charge < -0.3 is 14.8 Å². The summed E-state index contributed by atoms with van der Waals surface area (Å²) < 4.78 is 12.4. The second kappa shape index (κ2) is 9.36. The third kappa shape index (κ3) is 3.88. The highest BCUT2D eigenvalue weighted by Crippen LogP contribution is 2.57. The molecule has 3 amide bonds. The van der Waals surface area contributed by atoms with Crippen LogP contribution in [-0.2, 0) is 14.3 Å². The zero-order valence-corrected chi connectivity index (χ0v) is 24.4. The summed E-state index contributed by atoms with van der Waals surface area (Å²) in [6, 6.07) is 13.6. The minimum atomic E-state index is -1.03. The first-order chi connectivity index (χ1) is 19.0. The van der Waals surface area contributed by atoms with Crippen LogP contribution in [0.25, 0.3) is 0 Å². The summed E-state index contributed by atoms with van der Waals surface area (Å²) in [5.74, 6) is 0.838. The fourth-order valence-electron chi connectivity index (χ4n) is 6.19. The summed E-state index contributed by atoms with van der Waals surface area (Å²) in [7, 11) is 1.57. The SMILES string of the molecule is COC1(C)C=C(OC(C)C)C2(C)C3=N[C@H](c4cccc(Cl)c4)[C@H](c4ccc(Cl)cc4)N3C(=O)N3CC(=O)NC1=C32. The number of amides is 3. The third-order valence-electron chi connectivity index (χ3n) is 8.08. The summed E-state index contributed by atoms with van der Waals surface area (Å²) in [6.07, 6.45) is 1.72. The van der Waals surface area contributed by atoms with Crippen LogP contribution in [-0.4, -0.2) is 52.9 Å². The van der Waals surface area contributed by atoms with Gasteiger partial charge >= 0.3 is 6.03 Å². The van der Waals surface area contributed by atoms with Crippen molar-refractivity contribution in [1.82, 2.24) is 15.1 Å². The minimum absolute atomic E-state index is 0.138. The van der Waals surface area contributed by atoms with Gasteiger partial charge in [-0.05, 0) is 69.2 Å². The Labute approximate surface area is 243 Å². The van der Waals surface area contributed by atoms with Crippen molar-refractivity contribution >= 4 is 41.0 Å². The standard InChI is InChI=1S/C30H30Cl2N4O4/c1-16(2)40-21-14-29(3,39-5)25-26-30(21,4)27-34-23(18-7-6-8-20(32)13-18)24(17-9-11-19(31)12-10-17)36(27)28(38)35(26)15-22(37)33-25/h6-14,16,23-24H,15H2,1-5H3,(H,33,37)/t23-,24+,29?,30?/m1/s1. The molecule has 0 aromatic heterocycles. The van der Waals surface area contributed by atoms with Crippen LogP contribution in [0.15, 0.2) is 76.8 Å². The number of ether oxygens (including phenoxy) is 2. The molecule has 1 fully saturated rings. The van der Waals surface area contributed by atoms with Gasteiger partial charge in [0.05, 0.1) is 23.5 Å². The molecule has 0 bridgehead atoms. The Bertz CT molecular complexity index is 1520. The maximum absolute atomic E-state index is 14.5. The maximum atomic E-state index is 14.5. The fraction of sp³-hybridized carbons (Fsp3) is 0.367. The van der Waals surface area contributed by atoms with E-state index in [1.165, 1.54) is 0 Å². The molecule has 0 spiro atoms. The van der Waals surface area contributed by atoms with Crippen molar-refractivity contribution in [2.24, 2.45) is 10.4 Å². The molecule has 4 atom stereocenters. The number of rotatable bonds is 5. The molecule has 8 nitrogen and oxygen atoms in total. The number of urea groups is 1. The van der Waals surface area contributed by atoms with Crippen LogP contribution in [0, 0.1) is 5.41 Å². The van der Waals surface area contributed by atoms with Gasteiger partial charge in [-0.25, -0.2) is 4.79 Å². The number of methoxy groups -OCH3 is 1. The molecule has 0 saturated carbocycles. The Hall–Kier alpha value is -3.33. The Kier molecular flexibility index (Phi) is 6.29. The summed E-state index contributed by atoms with van der Waals surface area (Å²) in [5, 5.41) is 4.16. The van der Waals surface area contributed by atoms with E-state index >= 15 is 0 Å². The monoisotopic (exact) mass is 580 g/mol. The van der Waals surface area contributed by atoms with Gasteiger partial charge in [0.1, 0.15) is 35.2 Å². The van der Waals surface area contributed by atoms with E-state index in [2.05, 4.69) is 5.32 Å². The number of halogens is 2. The van der Waals surface area contributed by atoms with Gasteiger partial charge in [0.15, 0.2) is 0 Å². The predicted molar refractivity (Wildman–Crippen MR) is 153 cm³/mol. The number of nitrogens with one attached hydrogen (secondary N) is 1. The quantitative estimate of drug-likeness (QED) is 0.470. The molecule has 6 rings (SSSR count). The van der Waals surface area contributed by atoms with Crippen molar-refractivity contribution in [3.05, 3.63) is 92.9 Å². The highest BCUT2D eigenvalue weighted by molar-refractivity contribution is 6.30. The molecule has 2 aromatic carbocycles. The van der Waals surface area contributed by atoms with Gasteiger partial charge in [-0.3, -0.25) is 19.6 Å². The molecule has 2 unspecified atom stereocenters. The molecule has 10 heteroatoms. The number of carbonyl (C=O) groups is 2. The highest BCUT2D eigenvalue weighted by atomic mass is 35.5. The third-order valence-corrected chi connectivity index (χ3v) is 8.57. The minimum Gasteiger partial charge on any atom is -0.494 e. The Balaban J connectivity index is 1.64. The topological polar surface area (TPSA) is 83.5 Å². The maximum Gasteiger partial charge on any atom is 0.330 e. The average Bonchev–Trinajstić information content (AvgIpc) is 3.32. The van der Waals surface area contributed by atoms with Gasteiger partial charge in [0, 0.05) is 17.2 Å². The molecule has 4 aliphatic rings. The molecule has 3 aliphatic heterocycles. The van der Waals surface area contributed by atoms with Crippen molar-refractivity contribution < 1.29 is 19.1 Å². The molecule has 2 aromatic rings. The number of amidine groups is 1. The van der Waals surface area contributed by atoms with Crippen LogP contribution in [0.4, 0.5) is 4.79 Å². The average molecular weight is 582 g/mol. The van der Waals surface area contributed by atoms with Gasteiger partial charge in [0.25, 0.3) is 0 Å². The summed E-state index contributed by atoms with van der Waals surface area (Å²) >= 11 is 12.7. The molecular weight excluding hydrogens is 551 g/mol. The van der Waals surface area contributed by atoms with Crippen LogP contribution < -0.4 is 5.32 Å². The smallest absolute Gasteiger partial charge is 0.330 e.